The standard InChI is InChI=1S/C29H36N6O4/c1-4-35(5-2)17-9-15-31-28(37)33-26-20-24(14-16-30-26)39-25-13-12-23(18-21(25)3)32-29(38)34-27(36)19-22-10-7-6-8-11-22/h6-8,10-14,16,18,20H,4-5,9,15,17,19H2,1-3H3,(H2,30,31,33,37)(H2,32,34,36,38). The Labute approximate surface area is 229 Å². The van der Waals surface area contributed by atoms with Gasteiger partial charge in [0.2, 0.25) is 5.91 Å². The second-order valence-corrected chi connectivity index (χ2v) is 8.89. The number of pyridine rings is 1. The Hall–Kier alpha value is -4.44. The lowest BCUT2D eigenvalue weighted by Crippen LogP contribution is -2.35. The highest BCUT2D eigenvalue weighted by molar-refractivity contribution is 6.01. The van der Waals surface area contributed by atoms with Crippen LogP contribution in [0.3, 0.4) is 0 Å². The third kappa shape index (κ3) is 10.1. The minimum Gasteiger partial charge on any atom is -0.457 e. The molecule has 0 aliphatic carbocycles. The van der Waals surface area contributed by atoms with E-state index in [9.17, 15) is 14.4 Å². The third-order valence-corrected chi connectivity index (χ3v) is 5.93. The summed E-state index contributed by atoms with van der Waals surface area (Å²) < 4.78 is 5.97. The van der Waals surface area contributed by atoms with Gasteiger partial charge in [0.15, 0.2) is 0 Å². The van der Waals surface area contributed by atoms with E-state index >= 15 is 0 Å². The number of imide groups is 1. The van der Waals surface area contributed by atoms with Crippen molar-refractivity contribution in [1.82, 2.24) is 20.5 Å². The fourth-order valence-corrected chi connectivity index (χ4v) is 3.83. The van der Waals surface area contributed by atoms with Gasteiger partial charge in [-0.3, -0.25) is 15.4 Å². The molecule has 39 heavy (non-hydrogen) atoms. The number of carbonyl (C=O) groups is 3. The van der Waals surface area contributed by atoms with E-state index in [1.54, 1.807) is 36.5 Å². The summed E-state index contributed by atoms with van der Waals surface area (Å²) in [6.07, 6.45) is 2.52. The van der Waals surface area contributed by atoms with Crippen molar-refractivity contribution in [1.29, 1.82) is 0 Å². The minimum absolute atomic E-state index is 0.112. The van der Waals surface area contributed by atoms with Gasteiger partial charge < -0.3 is 20.3 Å². The number of nitrogens with one attached hydrogen (secondary N) is 4. The molecular weight excluding hydrogens is 496 g/mol. The van der Waals surface area contributed by atoms with Gasteiger partial charge in [0, 0.05) is 24.5 Å². The first-order chi connectivity index (χ1) is 18.9. The molecule has 10 nitrogen and oxygen atoms in total. The summed E-state index contributed by atoms with van der Waals surface area (Å²) in [5.41, 5.74) is 2.10. The normalized spacial score (nSPS) is 10.6. The van der Waals surface area contributed by atoms with Crippen molar-refractivity contribution < 1.29 is 19.1 Å². The van der Waals surface area contributed by atoms with Crippen molar-refractivity contribution in [3.8, 4) is 11.5 Å². The molecule has 206 valence electrons. The maximum absolute atomic E-state index is 12.2. The van der Waals surface area contributed by atoms with Crippen LogP contribution in [-0.4, -0.2) is 54.0 Å². The number of carbonyl (C=O) groups excluding carboxylic acids is 3. The molecule has 0 spiro atoms. The van der Waals surface area contributed by atoms with Crippen LogP contribution in [0.4, 0.5) is 21.1 Å². The molecule has 0 bridgehead atoms. The van der Waals surface area contributed by atoms with E-state index in [1.807, 2.05) is 37.3 Å². The van der Waals surface area contributed by atoms with Gasteiger partial charge in [0.25, 0.3) is 0 Å². The Morgan fingerprint density at radius 3 is 2.41 bits per heavy atom. The third-order valence-electron chi connectivity index (χ3n) is 5.93. The summed E-state index contributed by atoms with van der Waals surface area (Å²) in [6, 6.07) is 16.7. The predicted octanol–water partition coefficient (Wildman–Crippen LogP) is 4.93. The van der Waals surface area contributed by atoms with Gasteiger partial charge in [-0.15, -0.1) is 0 Å². The van der Waals surface area contributed by atoms with E-state index in [4.69, 9.17) is 4.74 Å². The first-order valence-corrected chi connectivity index (χ1v) is 13.0. The number of ether oxygens (including phenoxy) is 1. The molecule has 3 aromatic rings. The van der Waals surface area contributed by atoms with Crippen molar-refractivity contribution in [2.75, 3.05) is 36.8 Å². The Kier molecular flexibility index (Phi) is 11.3. The van der Waals surface area contributed by atoms with Crippen LogP contribution in [0.2, 0.25) is 0 Å². The van der Waals surface area contributed by atoms with Crippen LogP contribution in [-0.2, 0) is 11.2 Å². The number of hydrogen-bond acceptors (Lipinski definition) is 6. The van der Waals surface area contributed by atoms with Crippen LogP contribution in [0, 0.1) is 6.92 Å². The maximum atomic E-state index is 12.2. The number of urea groups is 2. The lowest BCUT2D eigenvalue weighted by molar-refractivity contribution is -0.119. The largest absolute Gasteiger partial charge is 0.457 e. The molecule has 1 aromatic heterocycles. The summed E-state index contributed by atoms with van der Waals surface area (Å²) in [6.45, 7) is 9.55. The summed E-state index contributed by atoms with van der Waals surface area (Å²) in [5.74, 6) is 1.03. The highest BCUT2D eigenvalue weighted by Crippen LogP contribution is 2.28. The number of aromatic nitrogens is 1. The van der Waals surface area contributed by atoms with Crippen LogP contribution in [0.25, 0.3) is 0 Å². The van der Waals surface area contributed by atoms with Gasteiger partial charge in [-0.2, -0.15) is 0 Å². The van der Waals surface area contributed by atoms with E-state index in [2.05, 4.69) is 45.0 Å². The SMILES string of the molecule is CCN(CC)CCCNC(=O)Nc1cc(Oc2ccc(NC(=O)NC(=O)Cc3ccccc3)cc2C)ccn1. The molecule has 1 heterocycles. The minimum atomic E-state index is -0.611. The van der Waals surface area contributed by atoms with Gasteiger partial charge in [-0.05, 0) is 68.4 Å². The number of hydrogen-bond donors (Lipinski definition) is 4. The number of rotatable bonds is 12. The second kappa shape index (κ2) is 15.1. The Morgan fingerprint density at radius 2 is 1.69 bits per heavy atom. The molecule has 0 atom stereocenters. The molecule has 10 heteroatoms. The first kappa shape index (κ1) is 29.1. The zero-order valence-electron chi connectivity index (χ0n) is 22.6. The summed E-state index contributed by atoms with van der Waals surface area (Å²) in [5, 5.41) is 10.6. The fraction of sp³-hybridized carbons (Fsp3) is 0.310. The zero-order valence-corrected chi connectivity index (χ0v) is 22.6. The van der Waals surface area contributed by atoms with Crippen LogP contribution in [0.1, 0.15) is 31.4 Å². The Balaban J connectivity index is 1.48. The molecule has 5 amide bonds. The summed E-state index contributed by atoms with van der Waals surface area (Å²) in [4.78, 5) is 43.1. The van der Waals surface area contributed by atoms with Gasteiger partial charge in [0.05, 0.1) is 6.42 Å². The average Bonchev–Trinajstić information content (AvgIpc) is 2.91. The highest BCUT2D eigenvalue weighted by Gasteiger charge is 2.11. The Bertz CT molecular complexity index is 1250. The van der Waals surface area contributed by atoms with E-state index in [0.29, 0.717) is 29.5 Å². The number of amides is 5. The fourth-order valence-electron chi connectivity index (χ4n) is 3.83. The quantitative estimate of drug-likeness (QED) is 0.245. The molecule has 0 saturated carbocycles. The van der Waals surface area contributed by atoms with E-state index < -0.39 is 11.9 Å². The molecule has 2 aromatic carbocycles. The van der Waals surface area contributed by atoms with Gasteiger partial charge in [-0.25, -0.2) is 14.6 Å². The summed E-state index contributed by atoms with van der Waals surface area (Å²) >= 11 is 0. The van der Waals surface area contributed by atoms with E-state index in [0.717, 1.165) is 37.2 Å². The van der Waals surface area contributed by atoms with Crippen LogP contribution in [0.15, 0.2) is 66.9 Å². The van der Waals surface area contributed by atoms with Crippen molar-refractivity contribution in [3.63, 3.8) is 0 Å². The van der Waals surface area contributed by atoms with Crippen LogP contribution >= 0.6 is 0 Å². The lowest BCUT2D eigenvalue weighted by atomic mass is 10.1. The molecule has 0 aliphatic rings. The topological polar surface area (TPSA) is 125 Å². The number of aryl methyl sites for hydroxylation is 1. The first-order valence-electron chi connectivity index (χ1n) is 13.0. The smallest absolute Gasteiger partial charge is 0.325 e. The monoisotopic (exact) mass is 532 g/mol. The van der Waals surface area contributed by atoms with Crippen molar-refractivity contribution in [2.24, 2.45) is 0 Å². The van der Waals surface area contributed by atoms with Crippen LogP contribution < -0.4 is 26.0 Å². The molecule has 4 N–H and O–H groups in total. The number of anilines is 2. The molecule has 0 fully saturated rings. The van der Waals surface area contributed by atoms with Gasteiger partial charge in [-0.1, -0.05) is 44.2 Å². The molecule has 0 aliphatic heterocycles. The molecular formula is C29H36N6O4. The average molecular weight is 533 g/mol. The van der Waals surface area contributed by atoms with Crippen molar-refractivity contribution in [2.45, 2.75) is 33.6 Å². The molecule has 0 saturated heterocycles. The van der Waals surface area contributed by atoms with Gasteiger partial charge >= 0.3 is 12.1 Å². The van der Waals surface area contributed by atoms with E-state index in [1.165, 1.54) is 0 Å². The second-order valence-electron chi connectivity index (χ2n) is 8.89. The summed E-state index contributed by atoms with van der Waals surface area (Å²) in [7, 11) is 0. The number of nitrogens with zero attached hydrogens (tertiary/aromatic N) is 2. The van der Waals surface area contributed by atoms with Crippen molar-refractivity contribution in [3.05, 3.63) is 78.0 Å². The predicted molar refractivity (Wildman–Crippen MR) is 152 cm³/mol. The van der Waals surface area contributed by atoms with Crippen molar-refractivity contribution >= 4 is 29.5 Å². The van der Waals surface area contributed by atoms with E-state index in [-0.39, 0.29) is 12.5 Å². The number of benzene rings is 2. The molecule has 3 rings (SSSR count). The lowest BCUT2D eigenvalue weighted by Gasteiger charge is -2.17. The zero-order chi connectivity index (χ0) is 28.0. The van der Waals surface area contributed by atoms with Crippen LogP contribution in [0.5, 0.6) is 11.5 Å². The van der Waals surface area contributed by atoms with Gasteiger partial charge in [0.1, 0.15) is 17.3 Å². The molecule has 0 unspecified atom stereocenters. The maximum Gasteiger partial charge on any atom is 0.325 e. The highest BCUT2D eigenvalue weighted by atomic mass is 16.5. The molecule has 0 radical (unpaired) electrons. The Morgan fingerprint density at radius 1 is 0.923 bits per heavy atom.